The van der Waals surface area contributed by atoms with Crippen molar-refractivity contribution in [3.05, 3.63) is 53.6 Å². The average Bonchev–Trinajstić information content (AvgIpc) is 3.28. The molecule has 2 aromatic carbocycles. The van der Waals surface area contributed by atoms with E-state index in [9.17, 15) is 14.4 Å². The van der Waals surface area contributed by atoms with Crippen molar-refractivity contribution in [2.45, 2.75) is 56.9 Å². The molecule has 1 fully saturated rings. The predicted molar refractivity (Wildman–Crippen MR) is 141 cm³/mol. The number of fused-ring (bicyclic) bond motifs is 3. The number of likely N-dealkylation sites (tertiary alicyclic amines) is 1. The van der Waals surface area contributed by atoms with E-state index in [0.29, 0.717) is 17.8 Å². The first-order chi connectivity index (χ1) is 17.8. The van der Waals surface area contributed by atoms with Crippen molar-refractivity contribution in [1.29, 1.82) is 0 Å². The van der Waals surface area contributed by atoms with Crippen LogP contribution in [0.15, 0.2) is 42.5 Å². The van der Waals surface area contributed by atoms with Gasteiger partial charge in [-0.25, -0.2) is 14.4 Å². The Labute approximate surface area is 221 Å². The zero-order chi connectivity index (χ0) is 28.4. The number of hydrogen-bond donors (Lipinski definition) is 5. The van der Waals surface area contributed by atoms with E-state index in [2.05, 4.69) is 56.0 Å². The van der Waals surface area contributed by atoms with Crippen LogP contribution in [-0.4, -0.2) is 82.4 Å². The van der Waals surface area contributed by atoms with Crippen LogP contribution in [0.2, 0.25) is 0 Å². The second kappa shape index (κ2) is 11.4. The number of carboxylic acids is 2. The number of aliphatic carboxylic acids is 2. The van der Waals surface area contributed by atoms with Gasteiger partial charge in [-0.3, -0.25) is 10.2 Å². The van der Waals surface area contributed by atoms with Crippen LogP contribution in [0.4, 0.5) is 16.2 Å². The molecule has 0 aliphatic carbocycles. The lowest BCUT2D eigenvalue weighted by Crippen LogP contribution is -2.45. The van der Waals surface area contributed by atoms with Crippen LogP contribution < -0.4 is 15.0 Å². The standard InChI is InChI=1S/C23H29N3O2.C4H6O6/c1-15(2)16-6-8-17(9-7-16)24-22(27)28-18-10-11-20-19(14-18)23(3)12-13-25(4)21(23)26(20)5;5-1(3(7)8)2(6)4(9)10/h6-11,14-15,21H,12-13H2,1-5H3,(H,24,27);1-2,5-6H,(H,7,8)(H,9,10)/t21-,23+;/m1./s1. The molecule has 11 nitrogen and oxygen atoms in total. The van der Waals surface area contributed by atoms with E-state index in [1.807, 2.05) is 36.4 Å². The number of rotatable bonds is 6. The first kappa shape index (κ1) is 28.9. The lowest BCUT2D eigenvalue weighted by atomic mass is 9.81. The van der Waals surface area contributed by atoms with Crippen LogP contribution >= 0.6 is 0 Å². The number of anilines is 2. The molecule has 38 heavy (non-hydrogen) atoms. The summed E-state index contributed by atoms with van der Waals surface area (Å²) in [5.41, 5.74) is 4.51. The number of carbonyl (C=O) groups excluding carboxylic acids is 1. The van der Waals surface area contributed by atoms with Gasteiger partial charge < -0.3 is 30.1 Å². The highest BCUT2D eigenvalue weighted by molar-refractivity contribution is 5.86. The maximum Gasteiger partial charge on any atom is 0.417 e. The van der Waals surface area contributed by atoms with E-state index in [0.717, 1.165) is 18.7 Å². The summed E-state index contributed by atoms with van der Waals surface area (Å²) in [5, 5.41) is 35.3. The number of benzene rings is 2. The Morgan fingerprint density at radius 2 is 1.58 bits per heavy atom. The molecule has 0 aromatic heterocycles. The maximum absolute atomic E-state index is 12.4. The van der Waals surface area contributed by atoms with E-state index < -0.39 is 30.2 Å². The molecule has 2 aliphatic rings. The average molecular weight is 530 g/mol. The number of nitrogens with zero attached hydrogens (tertiary/aromatic N) is 2. The van der Waals surface area contributed by atoms with Crippen molar-refractivity contribution in [2.24, 2.45) is 0 Å². The van der Waals surface area contributed by atoms with Gasteiger partial charge in [0.15, 0.2) is 12.2 Å². The number of nitrogens with one attached hydrogen (secondary N) is 1. The van der Waals surface area contributed by atoms with Gasteiger partial charge in [-0.2, -0.15) is 0 Å². The van der Waals surface area contributed by atoms with Crippen LogP contribution in [-0.2, 0) is 15.0 Å². The zero-order valence-corrected chi connectivity index (χ0v) is 22.1. The molecule has 11 heteroatoms. The molecule has 2 aliphatic heterocycles. The second-order valence-electron chi connectivity index (χ2n) is 10.2. The third-order valence-corrected chi connectivity index (χ3v) is 7.14. The molecule has 4 rings (SSSR count). The van der Waals surface area contributed by atoms with Gasteiger partial charge in [0.05, 0.1) is 6.17 Å². The number of ether oxygens (including phenoxy) is 1. The van der Waals surface area contributed by atoms with Crippen molar-refractivity contribution in [3.8, 4) is 5.75 Å². The first-order valence-electron chi connectivity index (χ1n) is 12.2. The number of hydrogen-bond acceptors (Lipinski definition) is 8. The Morgan fingerprint density at radius 3 is 2.11 bits per heavy atom. The molecule has 2 unspecified atom stereocenters. The van der Waals surface area contributed by atoms with Gasteiger partial charge in [-0.1, -0.05) is 32.9 Å². The van der Waals surface area contributed by atoms with Crippen LogP contribution in [0.1, 0.15) is 44.2 Å². The number of carbonyl (C=O) groups is 3. The van der Waals surface area contributed by atoms with Crippen LogP contribution in [0, 0.1) is 0 Å². The van der Waals surface area contributed by atoms with Crippen molar-refractivity contribution in [2.75, 3.05) is 30.9 Å². The summed E-state index contributed by atoms with van der Waals surface area (Å²) < 4.78 is 5.59. The van der Waals surface area contributed by atoms with Gasteiger partial charge in [0.2, 0.25) is 0 Å². The van der Waals surface area contributed by atoms with Crippen LogP contribution in [0.25, 0.3) is 0 Å². The summed E-state index contributed by atoms with van der Waals surface area (Å²) in [7, 11) is 4.32. The van der Waals surface area contributed by atoms with Gasteiger partial charge in [-0.05, 0) is 60.8 Å². The SMILES string of the molecule is CC(C)c1ccc(NC(=O)Oc2ccc3c(c2)[C@]2(C)CCN(C)[C@@H]2N3C)cc1.O=C(O)C(O)C(O)C(=O)O. The quantitative estimate of drug-likeness (QED) is 0.376. The van der Waals surface area contributed by atoms with Crippen LogP contribution in [0.5, 0.6) is 5.75 Å². The van der Waals surface area contributed by atoms with Gasteiger partial charge >= 0.3 is 18.0 Å². The Morgan fingerprint density at radius 1 is 1.00 bits per heavy atom. The molecule has 1 saturated heterocycles. The zero-order valence-electron chi connectivity index (χ0n) is 22.1. The van der Waals surface area contributed by atoms with E-state index in [1.165, 1.54) is 16.8 Å². The highest BCUT2D eigenvalue weighted by Crippen LogP contribution is 2.51. The molecule has 2 heterocycles. The topological polar surface area (TPSA) is 160 Å². The Balaban J connectivity index is 0.000000342. The second-order valence-corrected chi connectivity index (χ2v) is 10.2. The summed E-state index contributed by atoms with van der Waals surface area (Å²) in [5.74, 6) is -2.49. The van der Waals surface area contributed by atoms with E-state index in [1.54, 1.807) is 0 Å². The Kier molecular flexibility index (Phi) is 8.65. The number of carboxylic acid groups (broad SMARTS) is 2. The Bertz CT molecular complexity index is 1170. The smallest absolute Gasteiger partial charge is 0.417 e. The molecular formula is C27H35N3O8. The third kappa shape index (κ3) is 5.90. The minimum Gasteiger partial charge on any atom is -0.479 e. The molecule has 0 radical (unpaired) electrons. The molecule has 0 spiro atoms. The molecule has 5 N–H and O–H groups in total. The fourth-order valence-corrected chi connectivity index (χ4v) is 5.09. The summed E-state index contributed by atoms with van der Waals surface area (Å²) in [6.45, 7) is 7.68. The molecule has 1 amide bonds. The lowest BCUT2D eigenvalue weighted by Gasteiger charge is -2.32. The van der Waals surface area contributed by atoms with Gasteiger partial charge in [0.25, 0.3) is 0 Å². The summed E-state index contributed by atoms with van der Waals surface area (Å²) in [4.78, 5) is 36.6. The minimum atomic E-state index is -2.27. The number of aliphatic hydroxyl groups is 2. The number of likely N-dealkylation sites (N-methyl/N-ethyl adjacent to an activating group) is 2. The monoisotopic (exact) mass is 529 g/mol. The molecule has 2 aromatic rings. The van der Waals surface area contributed by atoms with Gasteiger partial charge in [0, 0.05) is 30.4 Å². The molecule has 0 saturated carbocycles. The van der Waals surface area contributed by atoms with E-state index in [-0.39, 0.29) is 5.41 Å². The Hall–Kier alpha value is -3.67. The van der Waals surface area contributed by atoms with E-state index >= 15 is 0 Å². The third-order valence-electron chi connectivity index (χ3n) is 7.14. The van der Waals surface area contributed by atoms with Gasteiger partial charge in [-0.15, -0.1) is 0 Å². The molecule has 206 valence electrons. The van der Waals surface area contributed by atoms with Crippen molar-refractivity contribution < 1.29 is 39.5 Å². The number of amides is 1. The van der Waals surface area contributed by atoms with E-state index in [4.69, 9.17) is 25.2 Å². The van der Waals surface area contributed by atoms with Crippen molar-refractivity contribution in [1.82, 2.24) is 4.90 Å². The molecule has 4 atom stereocenters. The summed E-state index contributed by atoms with van der Waals surface area (Å²) in [6.07, 6.45) is -3.54. The maximum atomic E-state index is 12.4. The lowest BCUT2D eigenvalue weighted by molar-refractivity contribution is -0.165. The highest BCUT2D eigenvalue weighted by Gasteiger charge is 2.52. The highest BCUT2D eigenvalue weighted by atomic mass is 16.6. The fourth-order valence-electron chi connectivity index (χ4n) is 5.09. The van der Waals surface area contributed by atoms with Crippen molar-refractivity contribution in [3.63, 3.8) is 0 Å². The first-order valence-corrected chi connectivity index (χ1v) is 12.2. The van der Waals surface area contributed by atoms with Crippen molar-refractivity contribution >= 4 is 29.4 Å². The summed E-state index contributed by atoms with van der Waals surface area (Å²) in [6, 6.07) is 13.9. The van der Waals surface area contributed by atoms with Crippen LogP contribution in [0.3, 0.4) is 0 Å². The largest absolute Gasteiger partial charge is 0.479 e. The molecule has 0 bridgehead atoms. The fraction of sp³-hybridized carbons (Fsp3) is 0.444. The van der Waals surface area contributed by atoms with Gasteiger partial charge in [0.1, 0.15) is 5.75 Å². The normalized spacial score (nSPS) is 21.6. The molecular weight excluding hydrogens is 494 g/mol. The summed E-state index contributed by atoms with van der Waals surface area (Å²) >= 11 is 0. The predicted octanol–water partition coefficient (Wildman–Crippen LogP) is 2.67. The number of aliphatic hydroxyl groups excluding tert-OH is 2. The minimum absolute atomic E-state index is 0.0569.